The molecule has 0 fully saturated rings. The van der Waals surface area contributed by atoms with Crippen LogP contribution >= 0.6 is 0 Å². The lowest BCUT2D eigenvalue weighted by atomic mass is 9.82. The molecule has 0 radical (unpaired) electrons. The van der Waals surface area contributed by atoms with Crippen LogP contribution in [0.1, 0.15) is 24.0 Å². The number of nitrogens with zero attached hydrogens (tertiary/aromatic N) is 2. The molecule has 0 aliphatic carbocycles. The lowest BCUT2D eigenvalue weighted by Crippen LogP contribution is -2.16. The number of halogens is 1. The molecule has 0 saturated carbocycles. The van der Waals surface area contributed by atoms with Gasteiger partial charge in [0.25, 0.3) is 0 Å². The Balaban J connectivity index is 1.96. The molecule has 1 heterocycles. The molecule has 4 rings (SSSR count). The standard InChI is InChI=1S/C23H17FN2O2/c1-2-27-14-26-23-20(13-25)21(16-7-10-17(24)11-8-16)19-12-9-15-5-3-4-6-18(15)22(19)28-23/h3-12,14,21H,2H2,1H3. The van der Waals surface area contributed by atoms with E-state index in [4.69, 9.17) is 9.47 Å². The average Bonchev–Trinajstić information content (AvgIpc) is 2.73. The minimum Gasteiger partial charge on any atom is -0.483 e. The van der Waals surface area contributed by atoms with E-state index in [1.807, 2.05) is 43.3 Å². The summed E-state index contributed by atoms with van der Waals surface area (Å²) in [7, 11) is 0. The highest BCUT2D eigenvalue weighted by Crippen LogP contribution is 2.46. The Hall–Kier alpha value is -3.65. The molecule has 0 aromatic heterocycles. The molecule has 0 N–H and O–H groups in total. The number of hydrogen-bond donors (Lipinski definition) is 0. The van der Waals surface area contributed by atoms with Gasteiger partial charge in [-0.3, -0.25) is 0 Å². The maximum Gasteiger partial charge on any atom is 0.236 e. The van der Waals surface area contributed by atoms with Gasteiger partial charge in [0, 0.05) is 10.9 Å². The van der Waals surface area contributed by atoms with E-state index in [2.05, 4.69) is 11.1 Å². The molecule has 4 nitrogen and oxygen atoms in total. The van der Waals surface area contributed by atoms with Crippen molar-refractivity contribution >= 4 is 17.2 Å². The van der Waals surface area contributed by atoms with Crippen molar-refractivity contribution in [3.63, 3.8) is 0 Å². The maximum atomic E-state index is 13.5. The number of nitriles is 1. The first-order valence-corrected chi connectivity index (χ1v) is 8.96. The van der Waals surface area contributed by atoms with Gasteiger partial charge in [-0.25, -0.2) is 4.39 Å². The number of benzene rings is 3. The number of rotatable bonds is 4. The number of fused-ring (bicyclic) bond motifs is 3. The van der Waals surface area contributed by atoms with Crippen molar-refractivity contribution in [2.24, 2.45) is 4.99 Å². The Morgan fingerprint density at radius 2 is 1.93 bits per heavy atom. The summed E-state index contributed by atoms with van der Waals surface area (Å²) in [5.74, 6) is 0.101. The van der Waals surface area contributed by atoms with Crippen molar-refractivity contribution < 1.29 is 13.9 Å². The van der Waals surface area contributed by atoms with Gasteiger partial charge < -0.3 is 9.47 Å². The fourth-order valence-electron chi connectivity index (χ4n) is 3.40. The van der Waals surface area contributed by atoms with Crippen molar-refractivity contribution in [3.8, 4) is 11.8 Å². The lowest BCUT2D eigenvalue weighted by Gasteiger charge is -2.27. The zero-order chi connectivity index (χ0) is 19.5. The molecule has 138 valence electrons. The minimum absolute atomic E-state index is 0.189. The zero-order valence-corrected chi connectivity index (χ0v) is 15.2. The normalized spacial score (nSPS) is 16.0. The molecule has 0 spiro atoms. The summed E-state index contributed by atoms with van der Waals surface area (Å²) in [6.45, 7) is 2.30. The molecule has 1 aliphatic heterocycles. The molecular formula is C23H17FN2O2. The zero-order valence-electron chi connectivity index (χ0n) is 15.2. The smallest absolute Gasteiger partial charge is 0.236 e. The third-order valence-electron chi connectivity index (χ3n) is 4.67. The van der Waals surface area contributed by atoms with Crippen molar-refractivity contribution in [2.45, 2.75) is 12.8 Å². The Morgan fingerprint density at radius 3 is 2.68 bits per heavy atom. The lowest BCUT2D eigenvalue weighted by molar-refractivity contribution is 0.336. The second kappa shape index (κ2) is 7.53. The van der Waals surface area contributed by atoms with Crippen molar-refractivity contribution in [1.82, 2.24) is 0 Å². The topological polar surface area (TPSA) is 54.6 Å². The van der Waals surface area contributed by atoms with E-state index in [9.17, 15) is 9.65 Å². The van der Waals surface area contributed by atoms with Crippen LogP contribution in [0.5, 0.6) is 5.75 Å². The molecule has 3 aromatic rings. The van der Waals surface area contributed by atoms with Crippen LogP contribution in [0.4, 0.5) is 4.39 Å². The second-order valence-corrected chi connectivity index (χ2v) is 6.31. The number of allylic oxidation sites excluding steroid dienone is 1. The van der Waals surface area contributed by atoms with E-state index in [1.165, 1.54) is 18.5 Å². The van der Waals surface area contributed by atoms with Gasteiger partial charge in [-0.1, -0.05) is 48.5 Å². The van der Waals surface area contributed by atoms with E-state index >= 15 is 0 Å². The Kier molecular flexibility index (Phi) is 4.77. The third-order valence-corrected chi connectivity index (χ3v) is 4.67. The predicted octanol–water partition coefficient (Wildman–Crippen LogP) is 5.30. The minimum atomic E-state index is -0.410. The fourth-order valence-corrected chi connectivity index (χ4v) is 3.40. The summed E-state index contributed by atoms with van der Waals surface area (Å²) < 4.78 is 24.7. The molecule has 3 aromatic carbocycles. The van der Waals surface area contributed by atoms with Crippen molar-refractivity contribution in [2.75, 3.05) is 6.61 Å². The van der Waals surface area contributed by atoms with Crippen molar-refractivity contribution in [1.29, 1.82) is 5.26 Å². The van der Waals surface area contributed by atoms with E-state index in [1.54, 1.807) is 12.1 Å². The van der Waals surface area contributed by atoms with E-state index in [0.29, 0.717) is 17.9 Å². The quantitative estimate of drug-likeness (QED) is 0.461. The summed E-state index contributed by atoms with van der Waals surface area (Å²) in [6.07, 6.45) is 1.28. The molecule has 0 bridgehead atoms. The van der Waals surface area contributed by atoms with Gasteiger partial charge in [0.15, 0.2) is 6.40 Å². The van der Waals surface area contributed by atoms with Crippen molar-refractivity contribution in [3.05, 3.63) is 89.1 Å². The molecule has 0 amide bonds. The van der Waals surface area contributed by atoms with E-state index < -0.39 is 5.92 Å². The monoisotopic (exact) mass is 372 g/mol. The maximum absolute atomic E-state index is 13.5. The van der Waals surface area contributed by atoms with E-state index in [-0.39, 0.29) is 11.7 Å². The van der Waals surface area contributed by atoms with Crippen LogP contribution in [-0.2, 0) is 4.74 Å². The van der Waals surface area contributed by atoms with Gasteiger partial charge >= 0.3 is 0 Å². The summed E-state index contributed by atoms with van der Waals surface area (Å²) in [5, 5.41) is 11.8. The highest BCUT2D eigenvalue weighted by Gasteiger charge is 2.32. The first-order chi connectivity index (χ1) is 13.7. The molecule has 5 heteroatoms. The summed E-state index contributed by atoms with van der Waals surface area (Å²) in [4.78, 5) is 4.24. The van der Waals surface area contributed by atoms with Gasteiger partial charge in [-0.15, -0.1) is 0 Å². The summed E-state index contributed by atoms with van der Waals surface area (Å²) in [5.41, 5.74) is 1.99. The molecule has 28 heavy (non-hydrogen) atoms. The van der Waals surface area contributed by atoms with Gasteiger partial charge in [-0.05, 0) is 30.0 Å². The summed E-state index contributed by atoms with van der Waals surface area (Å²) >= 11 is 0. The summed E-state index contributed by atoms with van der Waals surface area (Å²) in [6, 6.07) is 20.2. The second-order valence-electron chi connectivity index (χ2n) is 6.31. The Labute approximate surface area is 162 Å². The van der Waals surface area contributed by atoms with Gasteiger partial charge in [0.05, 0.1) is 12.5 Å². The first kappa shape index (κ1) is 17.7. The van der Waals surface area contributed by atoms with E-state index in [0.717, 1.165) is 21.9 Å². The highest BCUT2D eigenvalue weighted by atomic mass is 19.1. The number of hydrogen-bond acceptors (Lipinski definition) is 4. The Morgan fingerprint density at radius 1 is 1.14 bits per heavy atom. The van der Waals surface area contributed by atoms with Crippen LogP contribution in [0.3, 0.4) is 0 Å². The van der Waals surface area contributed by atoms with Crippen LogP contribution in [0.2, 0.25) is 0 Å². The molecule has 1 aliphatic rings. The van der Waals surface area contributed by atoms with Crippen LogP contribution in [-0.4, -0.2) is 13.0 Å². The largest absolute Gasteiger partial charge is 0.483 e. The van der Waals surface area contributed by atoms with Gasteiger partial charge in [0.1, 0.15) is 23.2 Å². The van der Waals surface area contributed by atoms with Gasteiger partial charge in [0.2, 0.25) is 5.88 Å². The molecule has 1 unspecified atom stereocenters. The van der Waals surface area contributed by atoms with Crippen LogP contribution in [0.15, 0.2) is 77.1 Å². The highest BCUT2D eigenvalue weighted by molar-refractivity contribution is 5.91. The molecule has 0 saturated heterocycles. The fraction of sp³-hybridized carbons (Fsp3) is 0.130. The third kappa shape index (κ3) is 3.10. The number of ether oxygens (including phenoxy) is 2. The van der Waals surface area contributed by atoms with Crippen LogP contribution < -0.4 is 4.74 Å². The average molecular weight is 372 g/mol. The molecule has 1 atom stereocenters. The predicted molar refractivity (Wildman–Crippen MR) is 106 cm³/mol. The Bertz CT molecular complexity index is 1130. The SMILES string of the molecule is CCOC=NC1=C(C#N)C(c2ccc(F)cc2)c2ccc3ccccc3c2O1. The molecular weight excluding hydrogens is 355 g/mol. The van der Waals surface area contributed by atoms with Gasteiger partial charge in [-0.2, -0.15) is 10.3 Å². The first-order valence-electron chi connectivity index (χ1n) is 8.96. The van der Waals surface area contributed by atoms with Crippen LogP contribution in [0.25, 0.3) is 10.8 Å². The number of aliphatic imine (C=N–C) groups is 1. The van der Waals surface area contributed by atoms with Crippen LogP contribution in [0, 0.1) is 17.1 Å².